The molecule has 1 aliphatic carbocycles. The molecule has 2 fully saturated rings. The van der Waals surface area contributed by atoms with Gasteiger partial charge in [0.1, 0.15) is 0 Å². The molecular formula is C9H7ClN2O2S. The molecule has 2 atom stereocenters. The summed E-state index contributed by atoms with van der Waals surface area (Å²) in [6.07, 6.45) is 2.36. The first-order chi connectivity index (χ1) is 7.16. The average molecular weight is 243 g/mol. The second kappa shape index (κ2) is 3.02. The summed E-state index contributed by atoms with van der Waals surface area (Å²) in [7, 11) is 0. The number of likely N-dealkylation sites (tertiary alicyclic amines) is 1. The summed E-state index contributed by atoms with van der Waals surface area (Å²) in [5, 5.41) is 0. The van der Waals surface area contributed by atoms with Crippen molar-refractivity contribution in [1.82, 2.24) is 9.88 Å². The fraction of sp³-hybridized carbons (Fsp3) is 0.444. The van der Waals surface area contributed by atoms with E-state index in [4.69, 9.17) is 11.6 Å². The molecule has 78 valence electrons. The summed E-state index contributed by atoms with van der Waals surface area (Å²) in [4.78, 5) is 29.3. The Morgan fingerprint density at radius 1 is 1.47 bits per heavy atom. The van der Waals surface area contributed by atoms with Gasteiger partial charge < -0.3 is 0 Å². The molecule has 0 radical (unpaired) electrons. The van der Waals surface area contributed by atoms with E-state index in [0.717, 1.165) is 11.3 Å². The van der Waals surface area contributed by atoms with Gasteiger partial charge in [-0.25, -0.2) is 4.98 Å². The van der Waals surface area contributed by atoms with Crippen LogP contribution in [0, 0.1) is 11.8 Å². The maximum atomic E-state index is 11.6. The first-order valence-corrected chi connectivity index (χ1v) is 5.81. The Morgan fingerprint density at radius 3 is 2.67 bits per heavy atom. The first-order valence-electron chi connectivity index (χ1n) is 4.62. The molecule has 1 aliphatic heterocycles. The summed E-state index contributed by atoms with van der Waals surface area (Å²) < 4.78 is 0.439. The molecular weight excluding hydrogens is 236 g/mol. The fourth-order valence-electron chi connectivity index (χ4n) is 1.92. The van der Waals surface area contributed by atoms with Crippen LogP contribution >= 0.6 is 22.9 Å². The summed E-state index contributed by atoms with van der Waals surface area (Å²) in [6.45, 7) is 0.328. The highest BCUT2D eigenvalue weighted by molar-refractivity contribution is 7.15. The van der Waals surface area contributed by atoms with Gasteiger partial charge in [0, 0.05) is 11.1 Å². The molecule has 4 nitrogen and oxygen atoms in total. The lowest BCUT2D eigenvalue weighted by atomic mass is 10.4. The Labute approximate surface area is 94.9 Å². The zero-order valence-corrected chi connectivity index (χ0v) is 9.22. The van der Waals surface area contributed by atoms with Crippen LogP contribution in [-0.4, -0.2) is 21.7 Å². The van der Waals surface area contributed by atoms with Crippen molar-refractivity contribution in [2.75, 3.05) is 0 Å². The average Bonchev–Trinajstić information content (AvgIpc) is 2.85. The predicted molar refractivity (Wildman–Crippen MR) is 54.3 cm³/mol. The molecule has 0 N–H and O–H groups in total. The molecule has 3 rings (SSSR count). The molecule has 6 heteroatoms. The second-order valence-corrected chi connectivity index (χ2v) is 5.49. The number of fused-ring (bicyclic) bond motifs is 1. The summed E-state index contributed by atoms with van der Waals surface area (Å²) >= 11 is 6.98. The van der Waals surface area contributed by atoms with Gasteiger partial charge in [-0.3, -0.25) is 14.5 Å². The second-order valence-electron chi connectivity index (χ2n) is 3.79. The number of halogens is 1. The largest absolute Gasteiger partial charge is 0.277 e. The Kier molecular flexibility index (Phi) is 1.87. The number of hydrogen-bond acceptors (Lipinski definition) is 4. The standard InChI is InChI=1S/C9H7ClN2O2S/c10-9-11-2-4(15-9)3-12-7(13)5-1-6(5)8(12)14/h2,5-6H,1,3H2. The Bertz CT molecular complexity index is 439. The van der Waals surface area contributed by atoms with Crippen LogP contribution < -0.4 is 0 Å². The van der Waals surface area contributed by atoms with Gasteiger partial charge >= 0.3 is 0 Å². The molecule has 0 aromatic carbocycles. The minimum atomic E-state index is -0.0328. The minimum absolute atomic E-state index is 0.0270. The number of rotatable bonds is 2. The van der Waals surface area contributed by atoms with Crippen LogP contribution in [0.3, 0.4) is 0 Å². The lowest BCUT2D eigenvalue weighted by Gasteiger charge is -2.14. The number of carbonyl (C=O) groups excluding carboxylic acids is 2. The third kappa shape index (κ3) is 1.38. The number of thiazole rings is 1. The van der Waals surface area contributed by atoms with Gasteiger partial charge in [0.15, 0.2) is 4.47 Å². The van der Waals surface area contributed by atoms with Crippen LogP contribution in [0.2, 0.25) is 4.47 Å². The normalized spacial score (nSPS) is 28.5. The van der Waals surface area contributed by atoms with Gasteiger partial charge in [-0.1, -0.05) is 11.6 Å². The maximum Gasteiger partial charge on any atom is 0.233 e. The van der Waals surface area contributed by atoms with Gasteiger partial charge in [-0.05, 0) is 6.42 Å². The molecule has 2 aliphatic rings. The van der Waals surface area contributed by atoms with E-state index < -0.39 is 0 Å². The van der Waals surface area contributed by atoms with E-state index in [0.29, 0.717) is 11.0 Å². The molecule has 0 bridgehead atoms. The van der Waals surface area contributed by atoms with Crippen molar-refractivity contribution in [3.63, 3.8) is 0 Å². The monoisotopic (exact) mass is 242 g/mol. The van der Waals surface area contributed by atoms with Crippen LogP contribution in [0.4, 0.5) is 0 Å². The number of aromatic nitrogens is 1. The smallest absolute Gasteiger partial charge is 0.233 e. The maximum absolute atomic E-state index is 11.6. The first kappa shape index (κ1) is 9.30. The van der Waals surface area contributed by atoms with E-state index in [1.807, 2.05) is 0 Å². The predicted octanol–water partition coefficient (Wildman–Crippen LogP) is 1.30. The van der Waals surface area contributed by atoms with E-state index in [-0.39, 0.29) is 23.7 Å². The van der Waals surface area contributed by atoms with Crippen molar-refractivity contribution in [2.24, 2.45) is 11.8 Å². The van der Waals surface area contributed by atoms with E-state index in [1.54, 1.807) is 6.20 Å². The number of amides is 2. The molecule has 1 saturated carbocycles. The molecule has 2 heterocycles. The number of carbonyl (C=O) groups is 2. The minimum Gasteiger partial charge on any atom is -0.277 e. The highest BCUT2D eigenvalue weighted by Gasteiger charge is 2.58. The van der Waals surface area contributed by atoms with Gasteiger partial charge in [0.2, 0.25) is 11.8 Å². The Balaban J connectivity index is 1.79. The fourth-order valence-corrected chi connectivity index (χ4v) is 2.89. The molecule has 2 amide bonds. The van der Waals surface area contributed by atoms with E-state index in [2.05, 4.69) is 4.98 Å². The van der Waals surface area contributed by atoms with E-state index in [9.17, 15) is 9.59 Å². The van der Waals surface area contributed by atoms with Crippen molar-refractivity contribution in [3.8, 4) is 0 Å². The van der Waals surface area contributed by atoms with Crippen LogP contribution in [0.5, 0.6) is 0 Å². The SMILES string of the molecule is O=C1C2CC2C(=O)N1Cc1cnc(Cl)s1. The van der Waals surface area contributed by atoms with Crippen LogP contribution in [0.15, 0.2) is 6.20 Å². The molecule has 15 heavy (non-hydrogen) atoms. The quantitative estimate of drug-likeness (QED) is 0.735. The third-order valence-electron chi connectivity index (χ3n) is 2.80. The molecule has 0 spiro atoms. The topological polar surface area (TPSA) is 50.3 Å². The van der Waals surface area contributed by atoms with Crippen LogP contribution in [-0.2, 0) is 16.1 Å². The summed E-state index contributed by atoms with van der Waals surface area (Å²) in [5.74, 6) is -0.120. The number of nitrogens with zero attached hydrogens (tertiary/aromatic N) is 2. The molecule has 1 aromatic rings. The van der Waals surface area contributed by atoms with Crippen LogP contribution in [0.25, 0.3) is 0 Å². The van der Waals surface area contributed by atoms with Gasteiger partial charge in [-0.2, -0.15) is 0 Å². The lowest BCUT2D eigenvalue weighted by molar-refractivity contribution is -0.141. The highest BCUT2D eigenvalue weighted by Crippen LogP contribution is 2.47. The number of imide groups is 1. The van der Waals surface area contributed by atoms with Crippen molar-refractivity contribution < 1.29 is 9.59 Å². The molecule has 1 aromatic heterocycles. The summed E-state index contributed by atoms with van der Waals surface area (Å²) in [6, 6.07) is 0. The number of piperidine rings is 1. The van der Waals surface area contributed by atoms with E-state index in [1.165, 1.54) is 16.2 Å². The zero-order chi connectivity index (χ0) is 10.6. The Morgan fingerprint density at radius 2 is 2.13 bits per heavy atom. The van der Waals surface area contributed by atoms with Crippen molar-refractivity contribution in [3.05, 3.63) is 15.5 Å². The zero-order valence-electron chi connectivity index (χ0n) is 7.64. The number of hydrogen-bond donors (Lipinski definition) is 0. The van der Waals surface area contributed by atoms with Gasteiger partial charge in [-0.15, -0.1) is 11.3 Å². The van der Waals surface area contributed by atoms with Crippen molar-refractivity contribution in [1.29, 1.82) is 0 Å². The van der Waals surface area contributed by atoms with Crippen molar-refractivity contribution >= 4 is 34.8 Å². The third-order valence-corrected chi connectivity index (χ3v) is 3.90. The molecule has 1 saturated heterocycles. The van der Waals surface area contributed by atoms with E-state index >= 15 is 0 Å². The Hall–Kier alpha value is -0.940. The summed E-state index contributed by atoms with van der Waals surface area (Å²) in [5.41, 5.74) is 0. The van der Waals surface area contributed by atoms with Crippen molar-refractivity contribution in [2.45, 2.75) is 13.0 Å². The molecule has 2 unspecified atom stereocenters. The van der Waals surface area contributed by atoms with Crippen LogP contribution in [0.1, 0.15) is 11.3 Å². The highest BCUT2D eigenvalue weighted by atomic mass is 35.5. The lowest BCUT2D eigenvalue weighted by Crippen LogP contribution is -2.31. The van der Waals surface area contributed by atoms with Gasteiger partial charge in [0.25, 0.3) is 0 Å². The van der Waals surface area contributed by atoms with Gasteiger partial charge in [0.05, 0.1) is 18.4 Å².